The summed E-state index contributed by atoms with van der Waals surface area (Å²) in [5.41, 5.74) is 0. The summed E-state index contributed by atoms with van der Waals surface area (Å²) in [7, 11) is 0. The molecule has 1 N–H and O–H groups in total. The van der Waals surface area contributed by atoms with Crippen molar-refractivity contribution < 1.29 is 32.7 Å². The smallest absolute Gasteiger partial charge is 0 e. The zero-order valence-corrected chi connectivity index (χ0v) is 8.32. The van der Waals surface area contributed by atoms with Gasteiger partial charge in [-0.3, -0.25) is 0 Å². The summed E-state index contributed by atoms with van der Waals surface area (Å²) in [6.45, 7) is 2.34. The maximum absolute atomic E-state index is 3.23. The van der Waals surface area contributed by atoms with Crippen molar-refractivity contribution >= 4 is 0 Å². The first-order chi connectivity index (χ1) is 3.00. The molecule has 0 atom stereocenters. The van der Waals surface area contributed by atoms with Crippen LogP contribution in [-0.4, -0.2) is 13.1 Å². The topological polar surface area (TPSA) is 12.0 Å². The van der Waals surface area contributed by atoms with Gasteiger partial charge < -0.3 is 19.2 Å². The predicted octanol–water partition coefficient (Wildman–Crippen LogP) is 1.02. The molecule has 2 heteroatoms. The second-order valence-corrected chi connectivity index (χ2v) is 1.64. The molecule has 0 aliphatic carbocycles. The van der Waals surface area contributed by atoms with E-state index >= 15 is 0 Å². The summed E-state index contributed by atoms with van der Waals surface area (Å²) in [4.78, 5) is 0. The Bertz CT molecular complexity index is 24.0. The van der Waals surface area contributed by atoms with Gasteiger partial charge in [-0.15, -0.1) is 6.54 Å². The number of hydrogen-bond acceptors (Lipinski definition) is 1. The van der Waals surface area contributed by atoms with Crippen LogP contribution in [0.25, 0.3) is 0 Å². The molecule has 1 aliphatic rings. The number of nitrogens with one attached hydrogen (secondary N) is 1. The van der Waals surface area contributed by atoms with Crippen LogP contribution >= 0.6 is 0 Å². The fraction of sp³-hybridized carbons (Fsp3) is 0.667. The normalized spacial score (nSPS) is 18.0. The van der Waals surface area contributed by atoms with Crippen molar-refractivity contribution in [2.45, 2.75) is 12.8 Å². The first-order valence-corrected chi connectivity index (χ1v) is 2.52. The minimum atomic E-state index is 0. The van der Waals surface area contributed by atoms with E-state index in [0.29, 0.717) is 0 Å². The van der Waals surface area contributed by atoms with E-state index in [1.807, 2.05) is 0 Å². The Labute approximate surface area is 77.5 Å². The second-order valence-electron chi connectivity index (χ2n) is 1.64. The van der Waals surface area contributed by atoms with E-state index in [-0.39, 0.29) is 40.1 Å². The number of hydrogen-bond donors (Lipinski definition) is 1. The summed E-state index contributed by atoms with van der Waals surface area (Å²) in [5.74, 6) is 0. The molecule has 0 aromatic carbocycles. The van der Waals surface area contributed by atoms with E-state index in [1.54, 1.807) is 0 Å². The van der Waals surface area contributed by atoms with Gasteiger partial charge in [-0.2, -0.15) is 6.42 Å². The Kier molecular flexibility index (Phi) is 11.9. The molecule has 1 radical (unpaired) electrons. The largest absolute Gasteiger partial charge is 0.358 e. The zero-order chi connectivity index (χ0) is 4.24. The van der Waals surface area contributed by atoms with Gasteiger partial charge in [0.1, 0.15) is 0 Å². The molecule has 0 bridgehead atoms. The first-order valence-electron chi connectivity index (χ1n) is 2.52. The Balaban J connectivity index is 0. The second kappa shape index (κ2) is 8.06. The van der Waals surface area contributed by atoms with Crippen molar-refractivity contribution in [3.8, 4) is 0 Å². The fourth-order valence-electron chi connectivity index (χ4n) is 0.678. The van der Waals surface area contributed by atoms with Gasteiger partial charge in [0.15, 0.2) is 0 Å². The maximum Gasteiger partial charge on any atom is 0 e. The Morgan fingerprint density at radius 1 is 1.38 bits per heavy atom. The van der Waals surface area contributed by atoms with Gasteiger partial charge in [-0.25, -0.2) is 0 Å². The van der Waals surface area contributed by atoms with Crippen LogP contribution in [0.15, 0.2) is 0 Å². The third kappa shape index (κ3) is 5.21. The SMILES string of the molecule is [CH-]1CCCNC1.[CH3-].[Y]. The van der Waals surface area contributed by atoms with Gasteiger partial charge in [0.05, 0.1) is 0 Å². The van der Waals surface area contributed by atoms with Gasteiger partial charge in [0.25, 0.3) is 0 Å². The monoisotopic (exact) mass is 188 g/mol. The molecule has 0 aromatic heterocycles. The molecule has 1 nitrogen and oxygen atoms in total. The van der Waals surface area contributed by atoms with Crippen LogP contribution < -0.4 is 5.32 Å². The van der Waals surface area contributed by atoms with Crippen molar-refractivity contribution in [1.29, 1.82) is 0 Å². The van der Waals surface area contributed by atoms with Gasteiger partial charge in [0, 0.05) is 32.7 Å². The summed E-state index contributed by atoms with van der Waals surface area (Å²) in [6.07, 6.45) is 4.93. The molecule has 47 valence electrons. The van der Waals surface area contributed by atoms with E-state index in [1.165, 1.54) is 19.4 Å². The summed E-state index contributed by atoms with van der Waals surface area (Å²) < 4.78 is 0. The predicted molar refractivity (Wildman–Crippen MR) is 32.8 cm³/mol. The van der Waals surface area contributed by atoms with E-state index in [9.17, 15) is 0 Å². The van der Waals surface area contributed by atoms with Crippen molar-refractivity contribution in [3.05, 3.63) is 13.8 Å². The van der Waals surface area contributed by atoms with Crippen LogP contribution in [0.1, 0.15) is 12.8 Å². The van der Waals surface area contributed by atoms with Crippen LogP contribution in [0.2, 0.25) is 0 Å². The third-order valence-corrected chi connectivity index (χ3v) is 1.05. The molecule has 1 rings (SSSR count). The molecule has 0 saturated carbocycles. The van der Waals surface area contributed by atoms with Crippen LogP contribution in [0.4, 0.5) is 0 Å². The molecular weight excluding hydrogens is 175 g/mol. The molecule has 0 spiro atoms. The molecule has 0 unspecified atom stereocenters. The minimum Gasteiger partial charge on any atom is -0.358 e. The van der Waals surface area contributed by atoms with Crippen LogP contribution in [0.3, 0.4) is 0 Å². The fourth-order valence-corrected chi connectivity index (χ4v) is 0.678. The Morgan fingerprint density at radius 2 is 2.12 bits per heavy atom. The van der Waals surface area contributed by atoms with Crippen LogP contribution in [0.5, 0.6) is 0 Å². The van der Waals surface area contributed by atoms with Gasteiger partial charge in [-0.1, -0.05) is 6.42 Å². The van der Waals surface area contributed by atoms with Gasteiger partial charge in [-0.05, 0) is 6.54 Å². The van der Waals surface area contributed by atoms with Crippen LogP contribution in [-0.2, 0) is 32.7 Å². The Hall–Kier alpha value is 1.06. The summed E-state index contributed by atoms with van der Waals surface area (Å²) in [5, 5.41) is 3.23. The zero-order valence-electron chi connectivity index (χ0n) is 5.48. The maximum atomic E-state index is 3.23. The standard InChI is InChI=1S/C5H10N.CH3.Y/c1-2-4-6-5-3-1;;/h2,6H,1,3-5H2;1H3;/q2*-1;. The summed E-state index contributed by atoms with van der Waals surface area (Å²) in [6, 6.07) is 0. The van der Waals surface area contributed by atoms with Crippen molar-refractivity contribution in [2.24, 2.45) is 0 Å². The van der Waals surface area contributed by atoms with E-state index < -0.39 is 0 Å². The molecule has 1 fully saturated rings. The molecular formula is C6H13NY-2. The van der Waals surface area contributed by atoms with E-state index in [2.05, 4.69) is 11.7 Å². The van der Waals surface area contributed by atoms with Gasteiger partial charge in [0.2, 0.25) is 0 Å². The van der Waals surface area contributed by atoms with E-state index in [4.69, 9.17) is 0 Å². The van der Waals surface area contributed by atoms with Crippen molar-refractivity contribution in [2.75, 3.05) is 13.1 Å². The molecule has 1 saturated heterocycles. The van der Waals surface area contributed by atoms with Crippen molar-refractivity contribution in [3.63, 3.8) is 0 Å². The number of piperidine rings is 1. The van der Waals surface area contributed by atoms with Crippen LogP contribution in [0, 0.1) is 13.8 Å². The average Bonchev–Trinajstić information content (AvgIpc) is 1.72. The van der Waals surface area contributed by atoms with Crippen molar-refractivity contribution in [1.82, 2.24) is 5.32 Å². The molecule has 8 heavy (non-hydrogen) atoms. The Morgan fingerprint density at radius 3 is 2.25 bits per heavy atom. The average molecular weight is 188 g/mol. The quantitative estimate of drug-likeness (QED) is 0.559. The first kappa shape index (κ1) is 11.8. The van der Waals surface area contributed by atoms with E-state index in [0.717, 1.165) is 6.54 Å². The molecule has 0 aromatic rings. The minimum absolute atomic E-state index is 0. The molecule has 1 aliphatic heterocycles. The molecule has 1 heterocycles. The third-order valence-electron chi connectivity index (χ3n) is 1.05. The number of rotatable bonds is 0. The van der Waals surface area contributed by atoms with Gasteiger partial charge >= 0.3 is 0 Å². The summed E-state index contributed by atoms with van der Waals surface area (Å²) >= 11 is 0. The molecule has 0 amide bonds.